The lowest BCUT2D eigenvalue weighted by atomic mass is 10.0. The van der Waals surface area contributed by atoms with Gasteiger partial charge in [-0.3, -0.25) is 4.79 Å². The monoisotopic (exact) mass is 291 g/mol. The summed E-state index contributed by atoms with van der Waals surface area (Å²) in [5.74, 6) is -0.404. The molecule has 2 aromatic carbocycles. The first-order chi connectivity index (χ1) is 9.54. The number of nitrogen functional groups attached to an aromatic ring is 1. The molecule has 0 amide bonds. The summed E-state index contributed by atoms with van der Waals surface area (Å²) in [4.78, 5) is 11.9. The van der Waals surface area contributed by atoms with E-state index in [4.69, 9.17) is 17.3 Å². The molecule has 0 aliphatic heterocycles. The Morgan fingerprint density at radius 1 is 1.15 bits per heavy atom. The van der Waals surface area contributed by atoms with Gasteiger partial charge in [0.25, 0.3) is 0 Å². The second kappa shape index (κ2) is 6.53. The van der Waals surface area contributed by atoms with E-state index in [1.54, 1.807) is 12.1 Å². The van der Waals surface area contributed by atoms with Gasteiger partial charge in [-0.15, -0.1) is 0 Å². The van der Waals surface area contributed by atoms with E-state index < -0.39 is 5.82 Å². The van der Waals surface area contributed by atoms with Crippen molar-refractivity contribution in [2.45, 2.75) is 19.3 Å². The molecule has 4 heteroatoms. The van der Waals surface area contributed by atoms with E-state index in [2.05, 4.69) is 0 Å². The van der Waals surface area contributed by atoms with Gasteiger partial charge in [-0.1, -0.05) is 23.7 Å². The number of benzene rings is 2. The number of aryl methyl sites for hydroxylation is 1. The summed E-state index contributed by atoms with van der Waals surface area (Å²) in [5.41, 5.74) is 7.68. The van der Waals surface area contributed by atoms with Crippen LogP contribution < -0.4 is 5.73 Å². The zero-order valence-corrected chi connectivity index (χ0v) is 11.7. The average molecular weight is 292 g/mol. The van der Waals surface area contributed by atoms with Crippen molar-refractivity contribution >= 4 is 23.1 Å². The SMILES string of the molecule is Nc1ccc(CCC(=O)Cc2cc(Cl)ccc2F)cc1. The lowest BCUT2D eigenvalue weighted by Gasteiger charge is -2.04. The lowest BCUT2D eigenvalue weighted by Crippen LogP contribution is -2.06. The fraction of sp³-hybridized carbons (Fsp3) is 0.188. The van der Waals surface area contributed by atoms with Gasteiger partial charge in [-0.2, -0.15) is 0 Å². The Kier molecular flexibility index (Phi) is 4.74. The Bertz CT molecular complexity index is 610. The molecule has 104 valence electrons. The molecule has 0 bridgehead atoms. The minimum absolute atomic E-state index is 0.0111. The number of carbonyl (C=O) groups is 1. The second-order valence-electron chi connectivity index (χ2n) is 4.69. The van der Waals surface area contributed by atoms with Gasteiger partial charge in [-0.25, -0.2) is 4.39 Å². The molecule has 20 heavy (non-hydrogen) atoms. The molecule has 0 aliphatic rings. The number of rotatable bonds is 5. The van der Waals surface area contributed by atoms with Crippen molar-refractivity contribution in [2.75, 3.05) is 5.73 Å². The van der Waals surface area contributed by atoms with Gasteiger partial charge in [0, 0.05) is 23.6 Å². The highest BCUT2D eigenvalue weighted by molar-refractivity contribution is 6.30. The number of hydrogen-bond donors (Lipinski definition) is 1. The van der Waals surface area contributed by atoms with Crippen LogP contribution in [-0.4, -0.2) is 5.78 Å². The largest absolute Gasteiger partial charge is 0.399 e. The van der Waals surface area contributed by atoms with Crippen molar-refractivity contribution in [3.63, 3.8) is 0 Å². The molecule has 0 radical (unpaired) electrons. The van der Waals surface area contributed by atoms with Crippen LogP contribution >= 0.6 is 11.6 Å². The predicted octanol–water partition coefficient (Wildman–Crippen LogP) is 3.81. The van der Waals surface area contributed by atoms with E-state index >= 15 is 0 Å². The summed E-state index contributed by atoms with van der Waals surface area (Å²) in [7, 11) is 0. The maximum atomic E-state index is 13.5. The van der Waals surface area contributed by atoms with Crippen molar-refractivity contribution < 1.29 is 9.18 Å². The first kappa shape index (κ1) is 14.5. The van der Waals surface area contributed by atoms with Gasteiger partial charge in [0.05, 0.1) is 0 Å². The zero-order valence-electron chi connectivity index (χ0n) is 10.9. The van der Waals surface area contributed by atoms with Crippen LogP contribution in [0.3, 0.4) is 0 Å². The van der Waals surface area contributed by atoms with Crippen LogP contribution in [0.15, 0.2) is 42.5 Å². The highest BCUT2D eigenvalue weighted by Gasteiger charge is 2.09. The number of carbonyl (C=O) groups excluding carboxylic acids is 1. The minimum Gasteiger partial charge on any atom is -0.399 e. The van der Waals surface area contributed by atoms with E-state index in [9.17, 15) is 9.18 Å². The van der Waals surface area contributed by atoms with Gasteiger partial charge >= 0.3 is 0 Å². The third-order valence-electron chi connectivity index (χ3n) is 3.07. The van der Waals surface area contributed by atoms with E-state index in [1.165, 1.54) is 18.2 Å². The fourth-order valence-corrected chi connectivity index (χ4v) is 2.14. The second-order valence-corrected chi connectivity index (χ2v) is 5.13. The molecular weight excluding hydrogens is 277 g/mol. The maximum absolute atomic E-state index is 13.5. The van der Waals surface area contributed by atoms with Crippen molar-refractivity contribution in [3.8, 4) is 0 Å². The van der Waals surface area contributed by atoms with E-state index in [0.717, 1.165) is 5.56 Å². The summed E-state index contributed by atoms with van der Waals surface area (Å²) in [6.07, 6.45) is 1.07. The first-order valence-electron chi connectivity index (χ1n) is 6.34. The van der Waals surface area contributed by atoms with Crippen molar-refractivity contribution in [2.24, 2.45) is 0 Å². The molecule has 0 spiro atoms. The quantitative estimate of drug-likeness (QED) is 0.851. The molecule has 0 fully saturated rings. The molecule has 2 nitrogen and oxygen atoms in total. The summed E-state index contributed by atoms with van der Waals surface area (Å²) in [6, 6.07) is 11.6. The van der Waals surface area contributed by atoms with Crippen molar-refractivity contribution in [3.05, 3.63) is 64.4 Å². The summed E-state index contributed by atoms with van der Waals surface area (Å²) in [5, 5.41) is 0.438. The van der Waals surface area contributed by atoms with Crippen LogP contribution in [0.1, 0.15) is 17.5 Å². The molecule has 0 atom stereocenters. The predicted molar refractivity (Wildman–Crippen MR) is 79.3 cm³/mol. The number of Topliss-reactive ketones (excluding diaryl/α,β-unsaturated/α-hetero) is 1. The maximum Gasteiger partial charge on any atom is 0.137 e. The van der Waals surface area contributed by atoms with Gasteiger partial charge in [0.2, 0.25) is 0 Å². The number of halogens is 2. The van der Waals surface area contributed by atoms with Crippen molar-refractivity contribution in [1.29, 1.82) is 0 Å². The Morgan fingerprint density at radius 3 is 2.55 bits per heavy atom. The van der Waals surface area contributed by atoms with Gasteiger partial charge in [-0.05, 0) is 47.9 Å². The van der Waals surface area contributed by atoms with Crippen LogP contribution in [0.2, 0.25) is 5.02 Å². The van der Waals surface area contributed by atoms with Gasteiger partial charge in [0.1, 0.15) is 11.6 Å². The fourth-order valence-electron chi connectivity index (χ4n) is 1.95. The lowest BCUT2D eigenvalue weighted by molar-refractivity contribution is -0.118. The van der Waals surface area contributed by atoms with Crippen LogP contribution in [0.5, 0.6) is 0 Å². The highest BCUT2D eigenvalue weighted by atomic mass is 35.5. The molecule has 2 N–H and O–H groups in total. The van der Waals surface area contributed by atoms with E-state index in [1.807, 2.05) is 12.1 Å². The summed E-state index contributed by atoms with van der Waals surface area (Å²) < 4.78 is 13.5. The minimum atomic E-state index is -0.393. The topological polar surface area (TPSA) is 43.1 Å². The Balaban J connectivity index is 1.92. The summed E-state index contributed by atoms with van der Waals surface area (Å²) in [6.45, 7) is 0. The Morgan fingerprint density at radius 2 is 1.85 bits per heavy atom. The molecule has 0 unspecified atom stereocenters. The molecule has 0 heterocycles. The van der Waals surface area contributed by atoms with Gasteiger partial charge < -0.3 is 5.73 Å². The van der Waals surface area contributed by atoms with Crippen LogP contribution in [-0.2, 0) is 17.6 Å². The molecule has 0 saturated carbocycles. The standard InChI is InChI=1S/C16H15ClFNO/c17-13-4-8-16(18)12(9-13)10-15(20)7-3-11-1-5-14(19)6-2-11/h1-2,4-6,8-9H,3,7,10,19H2. The molecule has 2 aromatic rings. The van der Waals surface area contributed by atoms with Gasteiger partial charge in [0.15, 0.2) is 0 Å². The van der Waals surface area contributed by atoms with E-state index in [-0.39, 0.29) is 12.2 Å². The van der Waals surface area contributed by atoms with E-state index in [0.29, 0.717) is 29.1 Å². The number of hydrogen-bond acceptors (Lipinski definition) is 2. The highest BCUT2D eigenvalue weighted by Crippen LogP contribution is 2.16. The Labute approximate surface area is 122 Å². The Hall–Kier alpha value is -1.87. The molecule has 0 aromatic heterocycles. The average Bonchev–Trinajstić information content (AvgIpc) is 2.42. The van der Waals surface area contributed by atoms with Crippen LogP contribution in [0.4, 0.5) is 10.1 Å². The van der Waals surface area contributed by atoms with Crippen LogP contribution in [0, 0.1) is 5.82 Å². The number of nitrogens with two attached hydrogens (primary N) is 1. The zero-order chi connectivity index (χ0) is 14.5. The first-order valence-corrected chi connectivity index (χ1v) is 6.72. The summed E-state index contributed by atoms with van der Waals surface area (Å²) >= 11 is 5.80. The third-order valence-corrected chi connectivity index (χ3v) is 3.30. The third kappa shape index (κ3) is 4.07. The smallest absolute Gasteiger partial charge is 0.137 e. The number of ketones is 1. The normalized spacial score (nSPS) is 10.5. The molecule has 0 saturated heterocycles. The molecule has 0 aliphatic carbocycles. The molecule has 2 rings (SSSR count). The van der Waals surface area contributed by atoms with Crippen molar-refractivity contribution in [1.82, 2.24) is 0 Å². The molecular formula is C16H15ClFNO. The van der Waals surface area contributed by atoms with Crippen LogP contribution in [0.25, 0.3) is 0 Å². The number of anilines is 1.